The Kier molecular flexibility index (Phi) is 3.98. The van der Waals surface area contributed by atoms with Crippen molar-refractivity contribution in [3.05, 3.63) is 23.8 Å². The molecule has 14 heavy (non-hydrogen) atoms. The fraction of sp³-hybridized carbons (Fsp3) is 0.364. The van der Waals surface area contributed by atoms with Crippen LogP contribution in [-0.4, -0.2) is 17.9 Å². The summed E-state index contributed by atoms with van der Waals surface area (Å²) in [6, 6.07) is 4.97. The monoisotopic (exact) mass is 193 g/mol. The van der Waals surface area contributed by atoms with Crippen molar-refractivity contribution < 1.29 is 9.84 Å². The number of phenolic OH excluding ortho intramolecular Hbond substituents is 1. The summed E-state index contributed by atoms with van der Waals surface area (Å²) in [6.45, 7) is 2.76. The van der Waals surface area contributed by atoms with Gasteiger partial charge in [0.2, 0.25) is 0 Å². The lowest BCUT2D eigenvalue weighted by Gasteiger charge is -2.06. The lowest BCUT2D eigenvalue weighted by atomic mass is 10.2. The van der Waals surface area contributed by atoms with Crippen LogP contribution in [0, 0.1) is 5.41 Å². The summed E-state index contributed by atoms with van der Waals surface area (Å²) in [7, 11) is 0. The molecule has 3 nitrogen and oxygen atoms in total. The van der Waals surface area contributed by atoms with Gasteiger partial charge in [0, 0.05) is 17.8 Å². The van der Waals surface area contributed by atoms with E-state index < -0.39 is 0 Å². The van der Waals surface area contributed by atoms with E-state index in [9.17, 15) is 5.11 Å². The van der Waals surface area contributed by atoms with Crippen LogP contribution in [0.3, 0.4) is 0 Å². The molecule has 0 radical (unpaired) electrons. The summed E-state index contributed by atoms with van der Waals surface area (Å²) in [5.74, 6) is 0.746. The van der Waals surface area contributed by atoms with Gasteiger partial charge in [-0.25, -0.2) is 0 Å². The van der Waals surface area contributed by atoms with Gasteiger partial charge in [0.05, 0.1) is 6.61 Å². The minimum atomic E-state index is 0.0917. The number of unbranched alkanes of at least 4 members (excludes halogenated alkanes) is 1. The standard InChI is InChI=1S/C11H15NO2/c1-2-3-6-14-10-5-4-9(8-12)11(13)7-10/h4-5,7-8,12-13H,2-3,6H2,1H3. The molecule has 1 aromatic carbocycles. The number of hydrogen-bond acceptors (Lipinski definition) is 3. The second-order valence-electron chi connectivity index (χ2n) is 3.07. The zero-order valence-electron chi connectivity index (χ0n) is 8.29. The number of rotatable bonds is 5. The van der Waals surface area contributed by atoms with Gasteiger partial charge in [0.25, 0.3) is 0 Å². The first kappa shape index (κ1) is 10.6. The molecule has 0 aliphatic carbocycles. The Morgan fingerprint density at radius 3 is 2.86 bits per heavy atom. The zero-order chi connectivity index (χ0) is 10.4. The second-order valence-corrected chi connectivity index (χ2v) is 3.07. The Balaban J connectivity index is 2.62. The first-order valence-corrected chi connectivity index (χ1v) is 4.74. The van der Waals surface area contributed by atoms with Crippen molar-refractivity contribution in [1.29, 1.82) is 5.41 Å². The van der Waals surface area contributed by atoms with E-state index in [0.717, 1.165) is 19.1 Å². The molecule has 0 aromatic heterocycles. The van der Waals surface area contributed by atoms with Crippen LogP contribution in [0.15, 0.2) is 18.2 Å². The van der Waals surface area contributed by atoms with Gasteiger partial charge in [0.1, 0.15) is 11.5 Å². The molecule has 0 unspecified atom stereocenters. The lowest BCUT2D eigenvalue weighted by molar-refractivity contribution is 0.307. The van der Waals surface area contributed by atoms with Gasteiger partial charge in [-0.15, -0.1) is 0 Å². The highest BCUT2D eigenvalue weighted by Gasteiger charge is 2.00. The number of hydrogen-bond donors (Lipinski definition) is 2. The Morgan fingerprint density at radius 1 is 1.50 bits per heavy atom. The summed E-state index contributed by atoms with van der Waals surface area (Å²) in [5.41, 5.74) is 0.507. The summed E-state index contributed by atoms with van der Waals surface area (Å²) in [4.78, 5) is 0. The predicted molar refractivity (Wildman–Crippen MR) is 56.4 cm³/mol. The molecule has 0 aliphatic heterocycles. The summed E-state index contributed by atoms with van der Waals surface area (Å²) in [6.07, 6.45) is 3.21. The third-order valence-electron chi connectivity index (χ3n) is 1.92. The molecule has 0 spiro atoms. The van der Waals surface area contributed by atoms with Gasteiger partial charge in [0.15, 0.2) is 0 Å². The molecule has 0 saturated carbocycles. The number of ether oxygens (including phenoxy) is 1. The van der Waals surface area contributed by atoms with Crippen molar-refractivity contribution in [2.24, 2.45) is 0 Å². The molecule has 0 saturated heterocycles. The Hall–Kier alpha value is -1.51. The molecule has 0 heterocycles. The third kappa shape index (κ3) is 2.76. The minimum absolute atomic E-state index is 0.0917. The van der Waals surface area contributed by atoms with Gasteiger partial charge in [-0.2, -0.15) is 0 Å². The number of benzene rings is 1. The first-order valence-electron chi connectivity index (χ1n) is 4.74. The molecule has 0 amide bonds. The quantitative estimate of drug-likeness (QED) is 0.557. The van der Waals surface area contributed by atoms with Crippen molar-refractivity contribution >= 4 is 6.21 Å². The van der Waals surface area contributed by atoms with E-state index in [1.807, 2.05) is 0 Å². The molecule has 0 fully saturated rings. The highest BCUT2D eigenvalue weighted by atomic mass is 16.5. The van der Waals surface area contributed by atoms with E-state index >= 15 is 0 Å². The van der Waals surface area contributed by atoms with Gasteiger partial charge in [-0.05, 0) is 18.6 Å². The van der Waals surface area contributed by atoms with Crippen LogP contribution < -0.4 is 4.74 Å². The van der Waals surface area contributed by atoms with Gasteiger partial charge in [-0.1, -0.05) is 13.3 Å². The molecule has 0 bridgehead atoms. The summed E-state index contributed by atoms with van der Waals surface area (Å²) < 4.78 is 5.39. The van der Waals surface area contributed by atoms with Crippen LogP contribution >= 0.6 is 0 Å². The number of phenols is 1. The van der Waals surface area contributed by atoms with E-state index in [0.29, 0.717) is 17.9 Å². The van der Waals surface area contributed by atoms with Crippen molar-refractivity contribution in [2.75, 3.05) is 6.61 Å². The van der Waals surface area contributed by atoms with Crippen LogP contribution in [0.4, 0.5) is 0 Å². The van der Waals surface area contributed by atoms with Crippen LogP contribution in [0.5, 0.6) is 11.5 Å². The van der Waals surface area contributed by atoms with E-state index in [4.69, 9.17) is 10.1 Å². The predicted octanol–water partition coefficient (Wildman–Crippen LogP) is 2.57. The maximum absolute atomic E-state index is 9.42. The molecule has 2 N–H and O–H groups in total. The fourth-order valence-corrected chi connectivity index (χ4v) is 1.07. The number of aromatic hydroxyl groups is 1. The molecule has 1 aromatic rings. The van der Waals surface area contributed by atoms with Crippen molar-refractivity contribution in [3.8, 4) is 11.5 Å². The van der Waals surface area contributed by atoms with Gasteiger partial charge < -0.3 is 15.3 Å². The normalized spacial score (nSPS) is 9.79. The summed E-state index contributed by atoms with van der Waals surface area (Å²) in [5, 5.41) is 16.4. The fourth-order valence-electron chi connectivity index (χ4n) is 1.07. The molecular weight excluding hydrogens is 178 g/mol. The molecular formula is C11H15NO2. The van der Waals surface area contributed by atoms with E-state index in [-0.39, 0.29) is 5.75 Å². The first-order chi connectivity index (χ1) is 6.77. The van der Waals surface area contributed by atoms with Crippen molar-refractivity contribution in [3.63, 3.8) is 0 Å². The molecule has 0 atom stereocenters. The van der Waals surface area contributed by atoms with Gasteiger partial charge in [-0.3, -0.25) is 0 Å². The van der Waals surface area contributed by atoms with Crippen molar-refractivity contribution in [2.45, 2.75) is 19.8 Å². The van der Waals surface area contributed by atoms with Gasteiger partial charge >= 0.3 is 0 Å². The van der Waals surface area contributed by atoms with Crippen molar-refractivity contribution in [1.82, 2.24) is 0 Å². The topological polar surface area (TPSA) is 53.3 Å². The Bertz CT molecular complexity index is 310. The van der Waals surface area contributed by atoms with Crippen LogP contribution in [-0.2, 0) is 0 Å². The number of nitrogens with one attached hydrogen (secondary N) is 1. The third-order valence-corrected chi connectivity index (χ3v) is 1.92. The Morgan fingerprint density at radius 2 is 2.29 bits per heavy atom. The summed E-state index contributed by atoms with van der Waals surface area (Å²) >= 11 is 0. The van der Waals surface area contributed by atoms with Crippen LogP contribution in [0.1, 0.15) is 25.3 Å². The Labute approximate surface area is 83.8 Å². The minimum Gasteiger partial charge on any atom is -0.507 e. The zero-order valence-corrected chi connectivity index (χ0v) is 8.29. The van der Waals surface area contributed by atoms with Crippen LogP contribution in [0.25, 0.3) is 0 Å². The second kappa shape index (κ2) is 5.27. The van der Waals surface area contributed by atoms with E-state index in [2.05, 4.69) is 6.92 Å². The average Bonchev–Trinajstić information content (AvgIpc) is 2.18. The average molecular weight is 193 g/mol. The largest absolute Gasteiger partial charge is 0.507 e. The smallest absolute Gasteiger partial charge is 0.128 e. The molecule has 1 rings (SSSR count). The molecule has 76 valence electrons. The SMILES string of the molecule is CCCCOc1ccc(C=N)c(O)c1. The highest BCUT2D eigenvalue weighted by Crippen LogP contribution is 2.22. The molecule has 0 aliphatic rings. The maximum Gasteiger partial charge on any atom is 0.128 e. The van der Waals surface area contributed by atoms with E-state index in [1.165, 1.54) is 6.07 Å². The highest BCUT2D eigenvalue weighted by molar-refractivity contribution is 5.81. The maximum atomic E-state index is 9.42. The molecule has 3 heteroatoms. The van der Waals surface area contributed by atoms with E-state index in [1.54, 1.807) is 12.1 Å². The lowest BCUT2D eigenvalue weighted by Crippen LogP contribution is -1.96. The van der Waals surface area contributed by atoms with Crippen LogP contribution in [0.2, 0.25) is 0 Å².